The van der Waals surface area contributed by atoms with Crippen LogP contribution in [0.25, 0.3) is 0 Å². The van der Waals surface area contributed by atoms with E-state index >= 15 is 0 Å². The van der Waals surface area contributed by atoms with Gasteiger partial charge in [-0.1, -0.05) is 19.4 Å². The van der Waals surface area contributed by atoms with Crippen LogP contribution in [-0.2, 0) is 9.53 Å². The van der Waals surface area contributed by atoms with Gasteiger partial charge in [0.2, 0.25) is 0 Å². The Morgan fingerprint density at radius 1 is 1.47 bits per heavy atom. The molecule has 0 N–H and O–H groups in total. The summed E-state index contributed by atoms with van der Waals surface area (Å²) in [6.07, 6.45) is 3.41. The lowest BCUT2D eigenvalue weighted by Crippen LogP contribution is -2.38. The second kappa shape index (κ2) is 4.48. The van der Waals surface area contributed by atoms with Crippen molar-refractivity contribution < 1.29 is 9.53 Å². The van der Waals surface area contributed by atoms with E-state index in [1.807, 2.05) is 6.08 Å². The van der Waals surface area contributed by atoms with Crippen molar-refractivity contribution in [2.75, 3.05) is 7.11 Å². The maximum absolute atomic E-state index is 11.4. The molecule has 15 heavy (non-hydrogen) atoms. The van der Waals surface area contributed by atoms with E-state index in [0.717, 1.165) is 6.42 Å². The van der Waals surface area contributed by atoms with Crippen LogP contribution in [0.3, 0.4) is 0 Å². The quantitative estimate of drug-likeness (QED) is 0.716. The van der Waals surface area contributed by atoms with Gasteiger partial charge in [-0.05, 0) is 32.3 Å². The monoisotopic (exact) mass is 210 g/mol. The van der Waals surface area contributed by atoms with Crippen molar-refractivity contribution in [1.29, 1.82) is 0 Å². The summed E-state index contributed by atoms with van der Waals surface area (Å²) < 4.78 is 5.54. The normalized spacial score (nSPS) is 23.2. The van der Waals surface area contributed by atoms with Crippen LogP contribution < -0.4 is 0 Å². The molecule has 2 heteroatoms. The summed E-state index contributed by atoms with van der Waals surface area (Å²) in [4.78, 5) is 11.4. The standard InChI is InChI=1S/C13H22O2/c1-9(2)11-8-10(14)6-7-12(11)13(3,4)15-5/h8-9,12H,6-7H2,1-5H3. The SMILES string of the molecule is COC(C)(C)C1CCC(=O)C=C1C(C)C. The van der Waals surface area contributed by atoms with E-state index in [-0.39, 0.29) is 11.4 Å². The third kappa shape index (κ3) is 2.69. The van der Waals surface area contributed by atoms with Gasteiger partial charge in [0, 0.05) is 19.4 Å². The van der Waals surface area contributed by atoms with Crippen LogP contribution in [0.2, 0.25) is 0 Å². The largest absolute Gasteiger partial charge is 0.378 e. The maximum atomic E-state index is 11.4. The number of rotatable bonds is 3. The molecule has 0 aromatic carbocycles. The molecule has 0 bridgehead atoms. The first-order valence-electron chi connectivity index (χ1n) is 5.68. The summed E-state index contributed by atoms with van der Waals surface area (Å²) in [5.41, 5.74) is 1.08. The average molecular weight is 210 g/mol. The number of ketones is 1. The second-order valence-electron chi connectivity index (χ2n) is 5.16. The predicted molar refractivity (Wildman–Crippen MR) is 61.7 cm³/mol. The Hall–Kier alpha value is -0.630. The third-order valence-electron chi connectivity index (χ3n) is 3.44. The fraction of sp³-hybridized carbons (Fsp3) is 0.769. The van der Waals surface area contributed by atoms with Gasteiger partial charge in [-0.15, -0.1) is 0 Å². The fourth-order valence-electron chi connectivity index (χ4n) is 2.27. The summed E-state index contributed by atoms with van der Waals surface area (Å²) in [7, 11) is 1.74. The van der Waals surface area contributed by atoms with Crippen LogP contribution in [0, 0.1) is 11.8 Å². The van der Waals surface area contributed by atoms with Gasteiger partial charge in [-0.3, -0.25) is 4.79 Å². The molecule has 0 aromatic heterocycles. The minimum Gasteiger partial charge on any atom is -0.378 e. The van der Waals surface area contributed by atoms with Crippen LogP contribution >= 0.6 is 0 Å². The predicted octanol–water partition coefficient (Wildman–Crippen LogP) is 2.97. The Bertz CT molecular complexity index is 274. The van der Waals surface area contributed by atoms with E-state index in [1.54, 1.807) is 7.11 Å². The minimum absolute atomic E-state index is 0.170. The second-order valence-corrected chi connectivity index (χ2v) is 5.16. The number of allylic oxidation sites excluding steroid dienone is 1. The third-order valence-corrected chi connectivity index (χ3v) is 3.44. The summed E-state index contributed by atoms with van der Waals surface area (Å²) >= 11 is 0. The lowest BCUT2D eigenvalue weighted by molar-refractivity contribution is -0.116. The molecular weight excluding hydrogens is 188 g/mol. The number of methoxy groups -OCH3 is 1. The number of carbonyl (C=O) groups excluding carboxylic acids is 1. The van der Waals surface area contributed by atoms with E-state index in [1.165, 1.54) is 5.57 Å². The lowest BCUT2D eigenvalue weighted by atomic mass is 9.73. The average Bonchev–Trinajstić information content (AvgIpc) is 2.17. The Morgan fingerprint density at radius 3 is 2.53 bits per heavy atom. The highest BCUT2D eigenvalue weighted by Gasteiger charge is 2.35. The van der Waals surface area contributed by atoms with E-state index in [4.69, 9.17) is 4.74 Å². The lowest BCUT2D eigenvalue weighted by Gasteiger charge is -2.38. The molecule has 1 aliphatic rings. The minimum atomic E-state index is -0.170. The van der Waals surface area contributed by atoms with Gasteiger partial charge in [0.25, 0.3) is 0 Å². The highest BCUT2D eigenvalue weighted by molar-refractivity contribution is 5.91. The Labute approximate surface area is 92.7 Å². The number of carbonyl (C=O) groups is 1. The molecule has 1 atom stereocenters. The molecule has 86 valence electrons. The Kier molecular flexibility index (Phi) is 3.72. The summed E-state index contributed by atoms with van der Waals surface area (Å²) in [5, 5.41) is 0. The van der Waals surface area contributed by atoms with Crippen LogP contribution in [0.5, 0.6) is 0 Å². The topological polar surface area (TPSA) is 26.3 Å². The molecule has 1 aliphatic carbocycles. The first-order chi connectivity index (χ1) is 6.88. The van der Waals surface area contributed by atoms with Crippen LogP contribution in [0.15, 0.2) is 11.6 Å². The zero-order valence-electron chi connectivity index (χ0n) is 10.5. The van der Waals surface area contributed by atoms with E-state index in [9.17, 15) is 4.79 Å². The Morgan fingerprint density at radius 2 is 2.07 bits per heavy atom. The van der Waals surface area contributed by atoms with Gasteiger partial charge >= 0.3 is 0 Å². The van der Waals surface area contributed by atoms with Gasteiger partial charge < -0.3 is 4.74 Å². The Balaban J connectivity index is 2.98. The highest BCUT2D eigenvalue weighted by Crippen LogP contribution is 2.37. The summed E-state index contributed by atoms with van der Waals surface area (Å²) in [5.74, 6) is 1.07. The van der Waals surface area contributed by atoms with Crippen LogP contribution in [0.1, 0.15) is 40.5 Å². The van der Waals surface area contributed by atoms with Gasteiger partial charge in [0.05, 0.1) is 5.60 Å². The molecule has 1 rings (SSSR count). The molecule has 0 fully saturated rings. The molecule has 0 saturated carbocycles. The summed E-state index contributed by atoms with van der Waals surface area (Å²) in [6, 6.07) is 0. The van der Waals surface area contributed by atoms with Crippen molar-refractivity contribution in [2.45, 2.75) is 46.1 Å². The van der Waals surface area contributed by atoms with Crippen LogP contribution in [-0.4, -0.2) is 18.5 Å². The zero-order valence-corrected chi connectivity index (χ0v) is 10.5. The number of ether oxygens (including phenoxy) is 1. The number of hydrogen-bond acceptors (Lipinski definition) is 2. The van der Waals surface area contributed by atoms with Crippen LogP contribution in [0.4, 0.5) is 0 Å². The molecule has 0 amide bonds. The first-order valence-corrected chi connectivity index (χ1v) is 5.68. The zero-order chi connectivity index (χ0) is 11.6. The molecule has 0 aliphatic heterocycles. The van der Waals surface area contributed by atoms with Gasteiger partial charge in [0.15, 0.2) is 5.78 Å². The van der Waals surface area contributed by atoms with E-state index in [0.29, 0.717) is 18.3 Å². The molecule has 0 spiro atoms. The van der Waals surface area contributed by atoms with Crippen molar-refractivity contribution >= 4 is 5.78 Å². The van der Waals surface area contributed by atoms with Crippen molar-refractivity contribution in [2.24, 2.45) is 11.8 Å². The highest BCUT2D eigenvalue weighted by atomic mass is 16.5. The molecule has 0 heterocycles. The van der Waals surface area contributed by atoms with Gasteiger partial charge in [0.1, 0.15) is 0 Å². The van der Waals surface area contributed by atoms with E-state index in [2.05, 4.69) is 27.7 Å². The molecule has 1 unspecified atom stereocenters. The number of hydrogen-bond donors (Lipinski definition) is 0. The fourth-order valence-corrected chi connectivity index (χ4v) is 2.27. The van der Waals surface area contributed by atoms with Crippen molar-refractivity contribution in [3.8, 4) is 0 Å². The molecule has 0 radical (unpaired) electrons. The van der Waals surface area contributed by atoms with Gasteiger partial charge in [-0.25, -0.2) is 0 Å². The molecule has 0 aromatic rings. The van der Waals surface area contributed by atoms with Crippen molar-refractivity contribution in [3.63, 3.8) is 0 Å². The molecule has 2 nitrogen and oxygen atoms in total. The van der Waals surface area contributed by atoms with Gasteiger partial charge in [-0.2, -0.15) is 0 Å². The van der Waals surface area contributed by atoms with Crippen molar-refractivity contribution in [3.05, 3.63) is 11.6 Å². The van der Waals surface area contributed by atoms with Crippen molar-refractivity contribution in [1.82, 2.24) is 0 Å². The summed E-state index contributed by atoms with van der Waals surface area (Å²) in [6.45, 7) is 8.49. The first kappa shape index (κ1) is 12.4. The molecular formula is C13H22O2. The molecule has 0 saturated heterocycles. The maximum Gasteiger partial charge on any atom is 0.155 e. The van der Waals surface area contributed by atoms with E-state index < -0.39 is 0 Å². The smallest absolute Gasteiger partial charge is 0.155 e.